The summed E-state index contributed by atoms with van der Waals surface area (Å²) in [5, 5.41) is 10.7. The highest BCUT2D eigenvalue weighted by Crippen LogP contribution is 2.18. The van der Waals surface area contributed by atoms with E-state index in [0.717, 1.165) is 5.56 Å². The van der Waals surface area contributed by atoms with Crippen LogP contribution in [0.3, 0.4) is 0 Å². The van der Waals surface area contributed by atoms with Crippen molar-refractivity contribution in [1.82, 2.24) is 15.1 Å². The zero-order chi connectivity index (χ0) is 17.8. The third-order valence-electron chi connectivity index (χ3n) is 3.97. The van der Waals surface area contributed by atoms with Crippen LogP contribution in [-0.4, -0.2) is 46.7 Å². The van der Waals surface area contributed by atoms with E-state index in [2.05, 4.69) is 20.3 Å². The van der Waals surface area contributed by atoms with E-state index in [-0.39, 0.29) is 17.4 Å². The number of rotatable bonds is 5. The molecule has 3 rings (SSSR count). The van der Waals surface area contributed by atoms with Crippen molar-refractivity contribution in [3.8, 4) is 0 Å². The minimum absolute atomic E-state index is 0.0526. The van der Waals surface area contributed by atoms with Crippen molar-refractivity contribution in [2.45, 2.75) is 19.0 Å². The van der Waals surface area contributed by atoms with Crippen molar-refractivity contribution in [1.29, 1.82) is 0 Å². The maximum Gasteiger partial charge on any atom is 0.358 e. The van der Waals surface area contributed by atoms with Gasteiger partial charge in [-0.2, -0.15) is 0 Å². The second-order valence-electron chi connectivity index (χ2n) is 5.67. The summed E-state index contributed by atoms with van der Waals surface area (Å²) < 4.78 is 17.5. The van der Waals surface area contributed by atoms with Gasteiger partial charge in [-0.25, -0.2) is 9.18 Å². The van der Waals surface area contributed by atoms with Gasteiger partial charge in [0.2, 0.25) is 5.91 Å². The summed E-state index contributed by atoms with van der Waals surface area (Å²) in [5.41, 5.74) is 0.973. The van der Waals surface area contributed by atoms with Crippen molar-refractivity contribution in [2.24, 2.45) is 0 Å². The first-order chi connectivity index (χ1) is 12.1. The highest BCUT2D eigenvalue weighted by atomic mass is 19.1. The van der Waals surface area contributed by atoms with Crippen LogP contribution in [0.25, 0.3) is 0 Å². The molecule has 7 nitrogen and oxygen atoms in total. The maximum absolute atomic E-state index is 12.9. The van der Waals surface area contributed by atoms with E-state index in [0.29, 0.717) is 25.3 Å². The van der Waals surface area contributed by atoms with Crippen molar-refractivity contribution in [3.63, 3.8) is 0 Å². The van der Waals surface area contributed by atoms with E-state index in [1.54, 1.807) is 23.1 Å². The molecule has 2 heterocycles. The topological polar surface area (TPSA) is 84.4 Å². The van der Waals surface area contributed by atoms with Crippen LogP contribution in [0.4, 0.5) is 10.2 Å². The first kappa shape index (κ1) is 16.8. The van der Waals surface area contributed by atoms with Crippen LogP contribution in [-0.2, 0) is 16.1 Å². The molecule has 130 valence electrons. The van der Waals surface area contributed by atoms with Gasteiger partial charge in [-0.3, -0.25) is 4.79 Å². The molecule has 1 saturated heterocycles. The summed E-state index contributed by atoms with van der Waals surface area (Å²) in [4.78, 5) is 25.5. The monoisotopic (exact) mass is 344 g/mol. The largest absolute Gasteiger partial charge is 0.464 e. The second-order valence-corrected chi connectivity index (χ2v) is 5.67. The van der Waals surface area contributed by atoms with Gasteiger partial charge in [0.15, 0.2) is 5.69 Å². The van der Waals surface area contributed by atoms with Gasteiger partial charge in [0.25, 0.3) is 0 Å². The number of methoxy groups -OCH3 is 1. The molecule has 0 spiro atoms. The van der Waals surface area contributed by atoms with E-state index >= 15 is 0 Å². The summed E-state index contributed by atoms with van der Waals surface area (Å²) in [6.45, 7) is 1.03. The predicted molar refractivity (Wildman–Crippen MR) is 87.2 cm³/mol. The van der Waals surface area contributed by atoms with Gasteiger partial charge in [0, 0.05) is 13.1 Å². The first-order valence-electron chi connectivity index (χ1n) is 7.78. The van der Waals surface area contributed by atoms with Crippen LogP contribution in [0.15, 0.2) is 36.4 Å². The smallest absolute Gasteiger partial charge is 0.358 e. The fourth-order valence-corrected chi connectivity index (χ4v) is 2.64. The Labute approximate surface area is 143 Å². The molecule has 0 aliphatic carbocycles. The molecule has 1 atom stereocenters. The molecule has 8 heteroatoms. The zero-order valence-electron chi connectivity index (χ0n) is 13.6. The number of anilines is 1. The number of hydrogen-bond acceptors (Lipinski definition) is 6. The quantitative estimate of drug-likeness (QED) is 0.830. The molecule has 1 N–H and O–H groups in total. The lowest BCUT2D eigenvalue weighted by molar-refractivity contribution is -0.128. The number of ether oxygens (including phenoxy) is 1. The molecule has 1 aliphatic rings. The number of esters is 1. The third kappa shape index (κ3) is 3.90. The Hall–Kier alpha value is -3.03. The number of carbonyl (C=O) groups excluding carboxylic acids is 2. The fraction of sp³-hybridized carbons (Fsp3) is 0.294. The molecule has 0 unspecified atom stereocenters. The van der Waals surface area contributed by atoms with Crippen molar-refractivity contribution < 1.29 is 18.7 Å². The second kappa shape index (κ2) is 7.25. The number of carbonyl (C=O) groups is 2. The Balaban J connectivity index is 1.60. The molecule has 0 saturated carbocycles. The van der Waals surface area contributed by atoms with Crippen LogP contribution in [0.5, 0.6) is 0 Å². The Bertz CT molecular complexity index is 764. The molecule has 1 aromatic carbocycles. The lowest BCUT2D eigenvalue weighted by Gasteiger charge is -2.17. The first-order valence-corrected chi connectivity index (χ1v) is 7.78. The van der Waals surface area contributed by atoms with Gasteiger partial charge in [0.05, 0.1) is 7.11 Å². The van der Waals surface area contributed by atoms with E-state index < -0.39 is 12.0 Å². The molecule has 25 heavy (non-hydrogen) atoms. The summed E-state index contributed by atoms with van der Waals surface area (Å²) in [5.74, 6) is -0.510. The SMILES string of the molecule is COC(=O)c1ccc(N[C@H]2CCN(Cc3ccc(F)cc3)C2=O)nn1. The van der Waals surface area contributed by atoms with E-state index in [4.69, 9.17) is 0 Å². The highest BCUT2D eigenvalue weighted by Gasteiger charge is 2.31. The number of hydrogen-bond donors (Lipinski definition) is 1. The van der Waals surface area contributed by atoms with E-state index in [1.807, 2.05) is 0 Å². The maximum atomic E-state index is 12.9. The number of aromatic nitrogens is 2. The van der Waals surface area contributed by atoms with Crippen LogP contribution in [0, 0.1) is 5.82 Å². The van der Waals surface area contributed by atoms with Crippen LogP contribution < -0.4 is 5.32 Å². The Morgan fingerprint density at radius 1 is 1.28 bits per heavy atom. The van der Waals surface area contributed by atoms with Crippen molar-refractivity contribution in [2.75, 3.05) is 19.0 Å². The minimum atomic E-state index is -0.568. The van der Waals surface area contributed by atoms with Gasteiger partial charge in [-0.1, -0.05) is 12.1 Å². The molecule has 0 bridgehead atoms. The van der Waals surface area contributed by atoms with Gasteiger partial charge in [-0.15, -0.1) is 10.2 Å². The van der Waals surface area contributed by atoms with Gasteiger partial charge in [-0.05, 0) is 36.2 Å². The molecule has 2 aromatic rings. The number of amides is 1. The van der Waals surface area contributed by atoms with Gasteiger partial charge in [0.1, 0.15) is 17.7 Å². The van der Waals surface area contributed by atoms with Crippen LogP contribution >= 0.6 is 0 Å². The van der Waals surface area contributed by atoms with Crippen molar-refractivity contribution in [3.05, 3.63) is 53.5 Å². The standard InChI is InChI=1S/C17H17FN4O3/c1-25-17(24)14-6-7-15(21-20-14)19-13-8-9-22(16(13)23)10-11-2-4-12(18)5-3-11/h2-7,13H,8-10H2,1H3,(H,19,21)/t13-/m0/s1. The highest BCUT2D eigenvalue weighted by molar-refractivity contribution is 5.88. The Morgan fingerprint density at radius 2 is 2.04 bits per heavy atom. The summed E-state index contributed by atoms with van der Waals surface area (Å²) in [6.07, 6.45) is 0.625. The lowest BCUT2D eigenvalue weighted by atomic mass is 10.2. The number of benzene rings is 1. The predicted octanol–water partition coefficient (Wildman–Crippen LogP) is 1.62. The normalized spacial score (nSPS) is 16.8. The molecular formula is C17H17FN4O3. The summed E-state index contributed by atoms with van der Waals surface area (Å²) in [7, 11) is 1.27. The number of likely N-dealkylation sites (tertiary alicyclic amines) is 1. The molecule has 0 radical (unpaired) electrons. The Kier molecular flexibility index (Phi) is 4.87. The van der Waals surface area contributed by atoms with Gasteiger partial charge >= 0.3 is 5.97 Å². The third-order valence-corrected chi connectivity index (χ3v) is 3.97. The van der Waals surface area contributed by atoms with E-state index in [9.17, 15) is 14.0 Å². The summed E-state index contributed by atoms with van der Waals surface area (Å²) >= 11 is 0. The van der Waals surface area contributed by atoms with Crippen molar-refractivity contribution >= 4 is 17.7 Å². The summed E-state index contributed by atoms with van der Waals surface area (Å²) in [6, 6.07) is 8.75. The van der Waals surface area contributed by atoms with Gasteiger partial charge < -0.3 is 15.0 Å². The lowest BCUT2D eigenvalue weighted by Crippen LogP contribution is -2.33. The molecular weight excluding hydrogens is 327 g/mol. The number of nitrogens with zero attached hydrogens (tertiary/aromatic N) is 3. The number of nitrogens with one attached hydrogen (secondary N) is 1. The average Bonchev–Trinajstić information content (AvgIpc) is 2.97. The minimum Gasteiger partial charge on any atom is -0.464 e. The molecule has 1 fully saturated rings. The van der Waals surface area contributed by atoms with Crippen LogP contribution in [0.1, 0.15) is 22.5 Å². The Morgan fingerprint density at radius 3 is 2.68 bits per heavy atom. The van der Waals surface area contributed by atoms with Crippen LogP contribution in [0.2, 0.25) is 0 Å². The molecule has 1 amide bonds. The van der Waals surface area contributed by atoms with E-state index in [1.165, 1.54) is 25.3 Å². The molecule has 1 aliphatic heterocycles. The fourth-order valence-electron chi connectivity index (χ4n) is 2.64. The number of halogens is 1. The molecule has 1 aromatic heterocycles. The zero-order valence-corrected chi connectivity index (χ0v) is 13.6. The average molecular weight is 344 g/mol.